The Balaban J connectivity index is 2.02. The van der Waals surface area contributed by atoms with E-state index in [9.17, 15) is 9.90 Å². The SMILES string of the molecule is C=C(C)c1ccc(OCCN(C(=O)O)C(C)(C)c2ccccc2)cc1. The second-order valence-electron chi connectivity index (χ2n) is 6.51. The van der Waals surface area contributed by atoms with Gasteiger partial charge >= 0.3 is 6.09 Å². The molecule has 4 heteroatoms. The zero-order valence-electron chi connectivity index (χ0n) is 15.0. The fraction of sp³-hybridized carbons (Fsp3) is 0.286. The molecule has 0 spiro atoms. The van der Waals surface area contributed by atoms with Crippen LogP contribution in [0.1, 0.15) is 31.9 Å². The topological polar surface area (TPSA) is 49.8 Å². The van der Waals surface area contributed by atoms with Gasteiger partial charge in [0.05, 0.1) is 12.1 Å². The maximum absolute atomic E-state index is 11.7. The minimum Gasteiger partial charge on any atom is -0.492 e. The zero-order chi connectivity index (χ0) is 18.4. The normalized spacial score (nSPS) is 11.0. The monoisotopic (exact) mass is 339 g/mol. The van der Waals surface area contributed by atoms with Gasteiger partial charge in [-0.15, -0.1) is 0 Å². The van der Waals surface area contributed by atoms with E-state index < -0.39 is 11.6 Å². The standard InChI is InChI=1S/C21H25NO3/c1-16(2)17-10-12-19(13-11-17)25-15-14-22(20(23)24)21(3,4)18-8-6-5-7-9-18/h5-13H,1,14-15H2,2-4H3,(H,23,24). The van der Waals surface area contributed by atoms with E-state index in [2.05, 4.69) is 6.58 Å². The number of carboxylic acid groups (broad SMARTS) is 1. The predicted octanol–water partition coefficient (Wildman–Crippen LogP) is 5.01. The fourth-order valence-electron chi connectivity index (χ4n) is 2.71. The quantitative estimate of drug-likeness (QED) is 0.771. The lowest BCUT2D eigenvalue weighted by molar-refractivity contribution is 0.0802. The van der Waals surface area contributed by atoms with Crippen molar-refractivity contribution in [1.29, 1.82) is 0 Å². The van der Waals surface area contributed by atoms with Crippen molar-refractivity contribution < 1.29 is 14.6 Å². The Labute approximate surface area is 149 Å². The summed E-state index contributed by atoms with van der Waals surface area (Å²) in [6.07, 6.45) is -0.963. The molecule has 0 saturated heterocycles. The Morgan fingerprint density at radius 1 is 1.12 bits per heavy atom. The zero-order valence-corrected chi connectivity index (χ0v) is 15.0. The Hall–Kier alpha value is -2.75. The highest BCUT2D eigenvalue weighted by atomic mass is 16.5. The third-order valence-corrected chi connectivity index (χ3v) is 4.32. The number of amides is 1. The molecule has 0 saturated carbocycles. The van der Waals surface area contributed by atoms with Crippen molar-refractivity contribution in [2.45, 2.75) is 26.3 Å². The van der Waals surface area contributed by atoms with Crippen LogP contribution in [-0.4, -0.2) is 29.3 Å². The number of benzene rings is 2. The molecule has 0 fully saturated rings. The summed E-state index contributed by atoms with van der Waals surface area (Å²) >= 11 is 0. The Morgan fingerprint density at radius 2 is 1.72 bits per heavy atom. The molecule has 2 rings (SSSR count). The lowest BCUT2D eigenvalue weighted by atomic mass is 9.92. The van der Waals surface area contributed by atoms with E-state index in [1.54, 1.807) is 0 Å². The minimum atomic E-state index is -0.963. The van der Waals surface area contributed by atoms with Crippen molar-refractivity contribution >= 4 is 11.7 Å². The van der Waals surface area contributed by atoms with Crippen LogP contribution in [0, 0.1) is 0 Å². The Morgan fingerprint density at radius 3 is 2.24 bits per heavy atom. The molecule has 2 aromatic rings. The van der Waals surface area contributed by atoms with Crippen molar-refractivity contribution in [3.63, 3.8) is 0 Å². The number of hydrogen-bond donors (Lipinski definition) is 1. The maximum Gasteiger partial charge on any atom is 0.408 e. The third-order valence-electron chi connectivity index (χ3n) is 4.32. The first-order chi connectivity index (χ1) is 11.8. The first-order valence-electron chi connectivity index (χ1n) is 8.27. The molecule has 132 valence electrons. The second kappa shape index (κ2) is 7.88. The highest BCUT2D eigenvalue weighted by molar-refractivity contribution is 5.66. The number of nitrogens with zero attached hydrogens (tertiary/aromatic N) is 1. The first-order valence-corrected chi connectivity index (χ1v) is 8.27. The average molecular weight is 339 g/mol. The van der Waals surface area contributed by atoms with Crippen LogP contribution in [0.3, 0.4) is 0 Å². The van der Waals surface area contributed by atoms with Gasteiger partial charge in [0.15, 0.2) is 0 Å². The van der Waals surface area contributed by atoms with Gasteiger partial charge < -0.3 is 9.84 Å². The van der Waals surface area contributed by atoms with Gasteiger partial charge in [-0.3, -0.25) is 4.90 Å². The van der Waals surface area contributed by atoms with Crippen molar-refractivity contribution in [3.05, 3.63) is 72.3 Å². The van der Waals surface area contributed by atoms with Gasteiger partial charge in [-0.1, -0.05) is 54.6 Å². The van der Waals surface area contributed by atoms with Crippen LogP contribution in [0.25, 0.3) is 5.57 Å². The van der Waals surface area contributed by atoms with Crippen molar-refractivity contribution in [1.82, 2.24) is 4.90 Å². The summed E-state index contributed by atoms with van der Waals surface area (Å²) in [5.74, 6) is 0.716. The van der Waals surface area contributed by atoms with Crippen LogP contribution in [0.4, 0.5) is 4.79 Å². The second-order valence-corrected chi connectivity index (χ2v) is 6.51. The van der Waals surface area contributed by atoms with Gasteiger partial charge in [0.25, 0.3) is 0 Å². The molecule has 0 aromatic heterocycles. The molecule has 0 unspecified atom stereocenters. The van der Waals surface area contributed by atoms with E-state index in [0.717, 1.165) is 16.7 Å². The van der Waals surface area contributed by atoms with Crippen LogP contribution in [-0.2, 0) is 5.54 Å². The van der Waals surface area contributed by atoms with Crippen molar-refractivity contribution in [2.24, 2.45) is 0 Å². The summed E-state index contributed by atoms with van der Waals surface area (Å²) in [5.41, 5.74) is 2.36. The molecular formula is C21H25NO3. The summed E-state index contributed by atoms with van der Waals surface area (Å²) in [5, 5.41) is 9.63. The smallest absolute Gasteiger partial charge is 0.408 e. The van der Waals surface area contributed by atoms with Gasteiger partial charge in [-0.05, 0) is 44.0 Å². The van der Waals surface area contributed by atoms with Gasteiger partial charge in [0.1, 0.15) is 12.4 Å². The molecule has 0 radical (unpaired) electrons. The van der Waals surface area contributed by atoms with E-state index in [1.807, 2.05) is 75.4 Å². The number of carbonyl (C=O) groups is 1. The maximum atomic E-state index is 11.7. The molecular weight excluding hydrogens is 314 g/mol. The highest BCUT2D eigenvalue weighted by Crippen LogP contribution is 2.27. The summed E-state index contributed by atoms with van der Waals surface area (Å²) in [7, 11) is 0. The summed E-state index contributed by atoms with van der Waals surface area (Å²) < 4.78 is 5.72. The van der Waals surface area contributed by atoms with E-state index in [4.69, 9.17) is 4.74 Å². The van der Waals surface area contributed by atoms with Crippen molar-refractivity contribution in [3.8, 4) is 5.75 Å². The van der Waals surface area contributed by atoms with Gasteiger partial charge in [-0.2, -0.15) is 0 Å². The van der Waals surface area contributed by atoms with Gasteiger partial charge in [0.2, 0.25) is 0 Å². The molecule has 0 atom stereocenters. The molecule has 1 amide bonds. The first kappa shape index (κ1) is 18.6. The van der Waals surface area contributed by atoms with Crippen LogP contribution in [0.15, 0.2) is 61.2 Å². The molecule has 2 aromatic carbocycles. The molecule has 0 aliphatic carbocycles. The highest BCUT2D eigenvalue weighted by Gasteiger charge is 2.32. The number of hydrogen-bond acceptors (Lipinski definition) is 2. The molecule has 25 heavy (non-hydrogen) atoms. The van der Waals surface area contributed by atoms with E-state index in [0.29, 0.717) is 5.75 Å². The Bertz CT molecular complexity index is 721. The summed E-state index contributed by atoms with van der Waals surface area (Å²) in [6, 6.07) is 17.3. The third kappa shape index (κ3) is 4.63. The van der Waals surface area contributed by atoms with Crippen LogP contribution >= 0.6 is 0 Å². The van der Waals surface area contributed by atoms with Gasteiger partial charge in [0, 0.05) is 0 Å². The molecule has 0 aliphatic heterocycles. The molecule has 1 N–H and O–H groups in total. The number of ether oxygens (including phenoxy) is 1. The largest absolute Gasteiger partial charge is 0.492 e. The molecule has 0 heterocycles. The Kier molecular flexibility index (Phi) is 5.86. The fourth-order valence-corrected chi connectivity index (χ4v) is 2.71. The van der Waals surface area contributed by atoms with E-state index >= 15 is 0 Å². The molecule has 0 bridgehead atoms. The lowest BCUT2D eigenvalue weighted by Crippen LogP contribution is -2.46. The van der Waals surface area contributed by atoms with Crippen molar-refractivity contribution in [2.75, 3.05) is 13.2 Å². The van der Waals surface area contributed by atoms with Crippen LogP contribution in [0.5, 0.6) is 5.75 Å². The molecule has 4 nitrogen and oxygen atoms in total. The van der Waals surface area contributed by atoms with E-state index in [1.165, 1.54) is 4.90 Å². The summed E-state index contributed by atoms with van der Waals surface area (Å²) in [4.78, 5) is 13.1. The number of rotatable bonds is 7. The lowest BCUT2D eigenvalue weighted by Gasteiger charge is -2.37. The number of allylic oxidation sites excluding steroid dienone is 1. The minimum absolute atomic E-state index is 0.277. The van der Waals surface area contributed by atoms with Gasteiger partial charge in [-0.25, -0.2) is 4.79 Å². The molecule has 0 aliphatic rings. The van der Waals surface area contributed by atoms with E-state index in [-0.39, 0.29) is 13.2 Å². The predicted molar refractivity (Wildman–Crippen MR) is 101 cm³/mol. The van der Waals surface area contributed by atoms with Crippen LogP contribution < -0.4 is 4.74 Å². The van der Waals surface area contributed by atoms with Crippen LogP contribution in [0.2, 0.25) is 0 Å². The summed E-state index contributed by atoms with van der Waals surface area (Å²) in [6.45, 7) is 10.2. The average Bonchev–Trinajstić information content (AvgIpc) is 2.59.